The SMILES string of the molecule is C=CCNC(=NCCc1ccco1)NC1CCc2nc(C)nn2C1. The summed E-state index contributed by atoms with van der Waals surface area (Å²) >= 11 is 0. The predicted octanol–water partition coefficient (Wildman–Crippen LogP) is 1.46. The summed E-state index contributed by atoms with van der Waals surface area (Å²) in [6.07, 6.45) is 6.24. The molecule has 0 bridgehead atoms. The second-order valence-electron chi connectivity index (χ2n) is 5.87. The largest absolute Gasteiger partial charge is 0.469 e. The van der Waals surface area contributed by atoms with Crippen LogP contribution in [0.25, 0.3) is 0 Å². The van der Waals surface area contributed by atoms with Gasteiger partial charge in [-0.1, -0.05) is 6.08 Å². The molecule has 0 fully saturated rings. The van der Waals surface area contributed by atoms with Crippen molar-refractivity contribution >= 4 is 5.96 Å². The van der Waals surface area contributed by atoms with E-state index in [1.54, 1.807) is 6.26 Å². The van der Waals surface area contributed by atoms with E-state index < -0.39 is 0 Å². The van der Waals surface area contributed by atoms with Crippen LogP contribution in [-0.4, -0.2) is 39.9 Å². The van der Waals surface area contributed by atoms with Crippen molar-refractivity contribution in [1.82, 2.24) is 25.4 Å². The van der Waals surface area contributed by atoms with E-state index in [4.69, 9.17) is 4.42 Å². The van der Waals surface area contributed by atoms with Crippen molar-refractivity contribution in [2.45, 2.75) is 38.8 Å². The lowest BCUT2D eigenvalue weighted by molar-refractivity contribution is 0.392. The number of aryl methyl sites for hydroxylation is 2. The highest BCUT2D eigenvalue weighted by molar-refractivity contribution is 5.80. The van der Waals surface area contributed by atoms with E-state index >= 15 is 0 Å². The lowest BCUT2D eigenvalue weighted by atomic mass is 10.1. The molecular formula is C17H24N6O. The fourth-order valence-corrected chi connectivity index (χ4v) is 2.80. The standard InChI is InChI=1S/C17H24N6O/c1-3-9-18-17(19-10-8-15-5-4-11-24-15)21-14-6-7-16-20-13(2)22-23(16)12-14/h3-5,11,14H,1,6-10,12H2,2H3,(H2,18,19,21). The fraction of sp³-hybridized carbons (Fsp3) is 0.471. The maximum absolute atomic E-state index is 5.34. The average Bonchev–Trinajstić information content (AvgIpc) is 3.20. The Kier molecular flexibility index (Phi) is 5.30. The van der Waals surface area contributed by atoms with Gasteiger partial charge >= 0.3 is 0 Å². The van der Waals surface area contributed by atoms with Crippen molar-refractivity contribution in [1.29, 1.82) is 0 Å². The van der Waals surface area contributed by atoms with E-state index in [-0.39, 0.29) is 0 Å². The lowest BCUT2D eigenvalue weighted by Gasteiger charge is -2.25. The smallest absolute Gasteiger partial charge is 0.191 e. The first-order valence-corrected chi connectivity index (χ1v) is 8.33. The zero-order valence-corrected chi connectivity index (χ0v) is 14.0. The van der Waals surface area contributed by atoms with Gasteiger partial charge in [0.15, 0.2) is 5.96 Å². The molecule has 2 aromatic heterocycles. The van der Waals surface area contributed by atoms with E-state index in [2.05, 4.69) is 32.3 Å². The Balaban J connectivity index is 1.58. The quantitative estimate of drug-likeness (QED) is 0.477. The highest BCUT2D eigenvalue weighted by Gasteiger charge is 2.21. The first-order chi connectivity index (χ1) is 11.7. The molecule has 1 unspecified atom stereocenters. The molecule has 1 aliphatic heterocycles. The van der Waals surface area contributed by atoms with E-state index in [0.29, 0.717) is 19.1 Å². The fourth-order valence-electron chi connectivity index (χ4n) is 2.80. The Hall–Kier alpha value is -2.57. The summed E-state index contributed by atoms with van der Waals surface area (Å²) in [5, 5.41) is 11.2. The van der Waals surface area contributed by atoms with Crippen LogP contribution in [0, 0.1) is 6.92 Å². The van der Waals surface area contributed by atoms with Gasteiger partial charge < -0.3 is 15.1 Å². The number of hydrogen-bond acceptors (Lipinski definition) is 4. The van der Waals surface area contributed by atoms with Crippen LogP contribution in [0.2, 0.25) is 0 Å². The van der Waals surface area contributed by atoms with Gasteiger partial charge in [-0.3, -0.25) is 4.99 Å². The van der Waals surface area contributed by atoms with Crippen molar-refractivity contribution in [2.24, 2.45) is 4.99 Å². The summed E-state index contributed by atoms with van der Waals surface area (Å²) in [4.78, 5) is 9.08. The normalized spacial score (nSPS) is 17.4. The van der Waals surface area contributed by atoms with Crippen molar-refractivity contribution in [2.75, 3.05) is 13.1 Å². The minimum absolute atomic E-state index is 0.290. The van der Waals surface area contributed by atoms with E-state index in [1.165, 1.54) is 0 Å². The van der Waals surface area contributed by atoms with Crippen LogP contribution < -0.4 is 10.6 Å². The number of fused-ring (bicyclic) bond motifs is 1. The van der Waals surface area contributed by atoms with Crippen molar-refractivity contribution in [3.05, 3.63) is 48.5 Å². The molecule has 0 aliphatic carbocycles. The first-order valence-electron chi connectivity index (χ1n) is 8.33. The molecule has 24 heavy (non-hydrogen) atoms. The van der Waals surface area contributed by atoms with Gasteiger partial charge in [0.2, 0.25) is 0 Å². The summed E-state index contributed by atoms with van der Waals surface area (Å²) in [5.74, 6) is 3.65. The monoisotopic (exact) mass is 328 g/mol. The van der Waals surface area contributed by atoms with Crippen LogP contribution in [0.1, 0.15) is 23.8 Å². The number of nitrogens with one attached hydrogen (secondary N) is 2. The van der Waals surface area contributed by atoms with Gasteiger partial charge in [0.25, 0.3) is 0 Å². The Morgan fingerprint density at radius 3 is 3.29 bits per heavy atom. The Labute approximate surface area is 141 Å². The highest BCUT2D eigenvalue weighted by atomic mass is 16.3. The van der Waals surface area contributed by atoms with Gasteiger partial charge in [-0.15, -0.1) is 6.58 Å². The van der Waals surface area contributed by atoms with Gasteiger partial charge in [-0.25, -0.2) is 9.67 Å². The third-order valence-corrected chi connectivity index (χ3v) is 3.93. The summed E-state index contributed by atoms with van der Waals surface area (Å²) in [6, 6.07) is 4.15. The van der Waals surface area contributed by atoms with Gasteiger partial charge in [0.05, 0.1) is 12.8 Å². The number of aliphatic imine (C=N–C) groups is 1. The zero-order chi connectivity index (χ0) is 16.8. The Bertz CT molecular complexity index is 688. The molecule has 0 saturated carbocycles. The number of rotatable bonds is 6. The van der Waals surface area contributed by atoms with Crippen LogP contribution in [-0.2, 0) is 19.4 Å². The summed E-state index contributed by atoms with van der Waals surface area (Å²) in [6.45, 7) is 7.83. The van der Waals surface area contributed by atoms with Crippen LogP contribution >= 0.6 is 0 Å². The molecule has 1 atom stereocenters. The minimum atomic E-state index is 0.290. The van der Waals surface area contributed by atoms with Gasteiger partial charge in [0, 0.05) is 32.0 Å². The van der Waals surface area contributed by atoms with Crippen molar-refractivity contribution < 1.29 is 4.42 Å². The molecule has 3 rings (SSSR count). The molecule has 0 amide bonds. The van der Waals surface area contributed by atoms with Crippen molar-refractivity contribution in [3.8, 4) is 0 Å². The number of nitrogens with zero attached hydrogens (tertiary/aromatic N) is 4. The predicted molar refractivity (Wildman–Crippen MR) is 92.9 cm³/mol. The van der Waals surface area contributed by atoms with Crippen LogP contribution in [0.5, 0.6) is 0 Å². The van der Waals surface area contributed by atoms with Gasteiger partial charge in [0.1, 0.15) is 17.4 Å². The van der Waals surface area contributed by atoms with Crippen LogP contribution in [0.4, 0.5) is 0 Å². The number of guanidine groups is 1. The number of aromatic nitrogens is 3. The van der Waals surface area contributed by atoms with E-state index in [1.807, 2.05) is 29.8 Å². The molecule has 0 saturated heterocycles. The second-order valence-corrected chi connectivity index (χ2v) is 5.87. The third kappa shape index (κ3) is 4.24. The molecule has 2 aromatic rings. The molecule has 0 aromatic carbocycles. The minimum Gasteiger partial charge on any atom is -0.469 e. The number of furan rings is 1. The topological polar surface area (TPSA) is 80.3 Å². The molecule has 3 heterocycles. The van der Waals surface area contributed by atoms with E-state index in [9.17, 15) is 0 Å². The molecular weight excluding hydrogens is 304 g/mol. The third-order valence-electron chi connectivity index (χ3n) is 3.93. The van der Waals surface area contributed by atoms with Crippen LogP contribution in [0.3, 0.4) is 0 Å². The van der Waals surface area contributed by atoms with Crippen molar-refractivity contribution in [3.63, 3.8) is 0 Å². The van der Waals surface area contributed by atoms with Crippen LogP contribution in [0.15, 0.2) is 40.5 Å². The molecule has 0 radical (unpaired) electrons. The van der Waals surface area contributed by atoms with E-state index in [0.717, 1.165) is 49.2 Å². The number of hydrogen-bond donors (Lipinski definition) is 2. The Morgan fingerprint density at radius 2 is 2.50 bits per heavy atom. The summed E-state index contributed by atoms with van der Waals surface area (Å²) in [7, 11) is 0. The lowest BCUT2D eigenvalue weighted by Crippen LogP contribution is -2.47. The molecule has 128 valence electrons. The molecule has 7 heteroatoms. The van der Waals surface area contributed by atoms with Gasteiger partial charge in [-0.2, -0.15) is 5.10 Å². The van der Waals surface area contributed by atoms with Gasteiger partial charge in [-0.05, 0) is 25.5 Å². The molecule has 1 aliphatic rings. The molecule has 7 nitrogen and oxygen atoms in total. The zero-order valence-electron chi connectivity index (χ0n) is 14.0. The molecule has 2 N–H and O–H groups in total. The summed E-state index contributed by atoms with van der Waals surface area (Å²) in [5.41, 5.74) is 0. The maximum atomic E-state index is 5.34. The summed E-state index contributed by atoms with van der Waals surface area (Å²) < 4.78 is 7.33. The maximum Gasteiger partial charge on any atom is 0.191 e. The second kappa shape index (κ2) is 7.81. The average molecular weight is 328 g/mol. The highest BCUT2D eigenvalue weighted by Crippen LogP contribution is 2.12. The Morgan fingerprint density at radius 1 is 1.58 bits per heavy atom. The first kappa shape index (κ1) is 16.3. The molecule has 0 spiro atoms.